The molecular weight excluding hydrogens is 282 g/mol. The number of hydrogen-bond donors (Lipinski definition) is 0. The Balaban J connectivity index is 1.96. The van der Waals surface area contributed by atoms with Crippen LogP contribution < -0.4 is 0 Å². The molecular formula is C20H15N3. The van der Waals surface area contributed by atoms with Gasteiger partial charge in [-0.25, -0.2) is 9.97 Å². The molecule has 2 heterocycles. The number of pyridine rings is 1. The highest BCUT2D eigenvalue weighted by atomic mass is 14.9. The Bertz CT molecular complexity index is 964. The summed E-state index contributed by atoms with van der Waals surface area (Å²) >= 11 is 0. The molecule has 0 aliphatic rings. The molecule has 0 bridgehead atoms. The van der Waals surface area contributed by atoms with E-state index in [1.807, 2.05) is 49.4 Å². The first-order chi connectivity index (χ1) is 11.3. The number of hydrogen-bond acceptors (Lipinski definition) is 3. The zero-order valence-electron chi connectivity index (χ0n) is 12.8. The third-order valence-electron chi connectivity index (χ3n) is 3.91. The molecule has 3 nitrogen and oxygen atoms in total. The predicted octanol–water partition coefficient (Wildman–Crippen LogP) is 4.67. The first kappa shape index (κ1) is 13.6. The fourth-order valence-electron chi connectivity index (χ4n) is 2.85. The van der Waals surface area contributed by atoms with Gasteiger partial charge in [0.1, 0.15) is 0 Å². The summed E-state index contributed by atoms with van der Waals surface area (Å²) in [5.41, 5.74) is 5.21. The van der Waals surface area contributed by atoms with Gasteiger partial charge in [0.05, 0.1) is 5.52 Å². The average Bonchev–Trinajstić information content (AvgIpc) is 2.62. The van der Waals surface area contributed by atoms with E-state index in [0.717, 1.165) is 22.2 Å². The van der Waals surface area contributed by atoms with Crippen LogP contribution in [0.4, 0.5) is 0 Å². The lowest BCUT2D eigenvalue weighted by Gasteiger charge is -2.10. The molecule has 0 aliphatic carbocycles. The van der Waals surface area contributed by atoms with E-state index in [-0.39, 0.29) is 0 Å². The quantitative estimate of drug-likeness (QED) is 0.540. The van der Waals surface area contributed by atoms with E-state index < -0.39 is 0 Å². The van der Waals surface area contributed by atoms with E-state index in [4.69, 9.17) is 9.97 Å². The molecule has 0 saturated carbocycles. The molecule has 0 saturated heterocycles. The van der Waals surface area contributed by atoms with Crippen LogP contribution in [-0.2, 0) is 0 Å². The summed E-state index contributed by atoms with van der Waals surface area (Å²) in [5.74, 6) is 0.716. The SMILES string of the molecule is Cc1nc(-c2cccnc2)nc2cccc(-c3ccccc3)c12. The van der Waals surface area contributed by atoms with Gasteiger partial charge >= 0.3 is 0 Å². The molecule has 3 heteroatoms. The molecule has 0 fully saturated rings. The second-order valence-electron chi connectivity index (χ2n) is 5.44. The molecule has 0 amide bonds. The predicted molar refractivity (Wildman–Crippen MR) is 92.9 cm³/mol. The van der Waals surface area contributed by atoms with Gasteiger partial charge in [-0.05, 0) is 36.2 Å². The van der Waals surface area contributed by atoms with E-state index >= 15 is 0 Å². The van der Waals surface area contributed by atoms with Crippen LogP contribution in [0.15, 0.2) is 73.1 Å². The molecule has 2 aromatic carbocycles. The summed E-state index contributed by atoms with van der Waals surface area (Å²) in [7, 11) is 0. The van der Waals surface area contributed by atoms with Crippen LogP contribution in [0.25, 0.3) is 33.4 Å². The van der Waals surface area contributed by atoms with Crippen LogP contribution in [0, 0.1) is 6.92 Å². The summed E-state index contributed by atoms with van der Waals surface area (Å²) in [4.78, 5) is 13.6. The topological polar surface area (TPSA) is 38.7 Å². The minimum Gasteiger partial charge on any atom is -0.264 e. The fourth-order valence-corrected chi connectivity index (χ4v) is 2.85. The molecule has 0 aliphatic heterocycles. The number of nitrogens with zero attached hydrogens (tertiary/aromatic N) is 3. The molecule has 23 heavy (non-hydrogen) atoms. The summed E-state index contributed by atoms with van der Waals surface area (Å²) in [6, 6.07) is 20.4. The highest BCUT2D eigenvalue weighted by Crippen LogP contribution is 2.30. The summed E-state index contributed by atoms with van der Waals surface area (Å²) in [6.45, 7) is 2.04. The maximum Gasteiger partial charge on any atom is 0.161 e. The number of aryl methyl sites for hydroxylation is 1. The molecule has 0 radical (unpaired) electrons. The lowest BCUT2D eigenvalue weighted by molar-refractivity contribution is 1.15. The summed E-state index contributed by atoms with van der Waals surface area (Å²) < 4.78 is 0. The van der Waals surface area contributed by atoms with Gasteiger partial charge in [0, 0.05) is 29.0 Å². The number of fused-ring (bicyclic) bond motifs is 1. The number of aromatic nitrogens is 3. The second-order valence-corrected chi connectivity index (χ2v) is 5.44. The molecule has 0 N–H and O–H groups in total. The Morgan fingerprint density at radius 3 is 2.35 bits per heavy atom. The second kappa shape index (κ2) is 5.61. The zero-order chi connectivity index (χ0) is 15.6. The first-order valence-electron chi connectivity index (χ1n) is 7.56. The number of benzene rings is 2. The smallest absolute Gasteiger partial charge is 0.161 e. The minimum absolute atomic E-state index is 0.716. The summed E-state index contributed by atoms with van der Waals surface area (Å²) in [5, 5.41) is 1.10. The van der Waals surface area contributed by atoms with Crippen LogP contribution >= 0.6 is 0 Å². The van der Waals surface area contributed by atoms with Crippen molar-refractivity contribution in [1.82, 2.24) is 15.0 Å². The molecule has 4 rings (SSSR count). The van der Waals surface area contributed by atoms with Gasteiger partial charge in [-0.3, -0.25) is 4.98 Å². The van der Waals surface area contributed by atoms with Gasteiger partial charge in [0.15, 0.2) is 5.82 Å². The molecule has 4 aromatic rings. The van der Waals surface area contributed by atoms with E-state index in [2.05, 4.69) is 23.2 Å². The van der Waals surface area contributed by atoms with Crippen molar-refractivity contribution in [1.29, 1.82) is 0 Å². The average molecular weight is 297 g/mol. The maximum absolute atomic E-state index is 4.74. The Kier molecular flexibility index (Phi) is 3.31. The molecule has 0 unspecified atom stereocenters. The van der Waals surface area contributed by atoms with Crippen molar-refractivity contribution in [2.75, 3.05) is 0 Å². The van der Waals surface area contributed by atoms with Crippen LogP contribution in [0.3, 0.4) is 0 Å². The van der Waals surface area contributed by atoms with Gasteiger partial charge in [-0.15, -0.1) is 0 Å². The molecule has 0 spiro atoms. The van der Waals surface area contributed by atoms with E-state index in [0.29, 0.717) is 5.82 Å². The third-order valence-corrected chi connectivity index (χ3v) is 3.91. The monoisotopic (exact) mass is 297 g/mol. The third kappa shape index (κ3) is 2.46. The van der Waals surface area contributed by atoms with Gasteiger partial charge in [-0.2, -0.15) is 0 Å². The first-order valence-corrected chi connectivity index (χ1v) is 7.56. The Labute approximate surface area is 134 Å². The van der Waals surface area contributed by atoms with E-state index in [1.54, 1.807) is 12.4 Å². The lowest BCUT2D eigenvalue weighted by Crippen LogP contribution is -1.96. The summed E-state index contributed by atoms with van der Waals surface area (Å²) in [6.07, 6.45) is 3.55. The Morgan fingerprint density at radius 2 is 1.57 bits per heavy atom. The van der Waals surface area contributed by atoms with Gasteiger partial charge in [0.25, 0.3) is 0 Å². The largest absolute Gasteiger partial charge is 0.264 e. The Morgan fingerprint density at radius 1 is 0.739 bits per heavy atom. The molecule has 110 valence electrons. The van der Waals surface area contributed by atoms with Crippen molar-refractivity contribution in [3.05, 3.63) is 78.8 Å². The van der Waals surface area contributed by atoms with Gasteiger partial charge in [0.2, 0.25) is 0 Å². The van der Waals surface area contributed by atoms with Gasteiger partial charge < -0.3 is 0 Å². The maximum atomic E-state index is 4.74. The molecule has 0 atom stereocenters. The highest BCUT2D eigenvalue weighted by molar-refractivity contribution is 5.96. The van der Waals surface area contributed by atoms with E-state index in [9.17, 15) is 0 Å². The standard InChI is InChI=1S/C20H15N3/c1-14-19-17(15-7-3-2-4-8-15)10-5-11-18(19)23-20(22-14)16-9-6-12-21-13-16/h2-13H,1H3. The van der Waals surface area contributed by atoms with Crippen molar-refractivity contribution in [3.63, 3.8) is 0 Å². The highest BCUT2D eigenvalue weighted by Gasteiger charge is 2.11. The number of rotatable bonds is 2. The van der Waals surface area contributed by atoms with Crippen LogP contribution in [0.5, 0.6) is 0 Å². The molecule has 2 aromatic heterocycles. The van der Waals surface area contributed by atoms with Crippen LogP contribution in [0.2, 0.25) is 0 Å². The fraction of sp³-hybridized carbons (Fsp3) is 0.0500. The zero-order valence-corrected chi connectivity index (χ0v) is 12.8. The normalized spacial score (nSPS) is 10.8. The van der Waals surface area contributed by atoms with Crippen molar-refractivity contribution in [3.8, 4) is 22.5 Å². The van der Waals surface area contributed by atoms with Crippen molar-refractivity contribution < 1.29 is 0 Å². The van der Waals surface area contributed by atoms with Crippen LogP contribution in [-0.4, -0.2) is 15.0 Å². The lowest BCUT2D eigenvalue weighted by atomic mass is 9.99. The van der Waals surface area contributed by atoms with E-state index in [1.165, 1.54) is 11.1 Å². The van der Waals surface area contributed by atoms with Crippen LogP contribution in [0.1, 0.15) is 5.69 Å². The van der Waals surface area contributed by atoms with Crippen molar-refractivity contribution in [2.24, 2.45) is 0 Å². The van der Waals surface area contributed by atoms with Gasteiger partial charge in [-0.1, -0.05) is 42.5 Å². The Hall–Kier alpha value is -3.07. The van der Waals surface area contributed by atoms with Crippen molar-refractivity contribution in [2.45, 2.75) is 6.92 Å². The van der Waals surface area contributed by atoms with Crippen molar-refractivity contribution >= 4 is 10.9 Å². The minimum atomic E-state index is 0.716.